The number of imidazole rings is 1. The zero-order chi connectivity index (χ0) is 18.1. The van der Waals surface area contributed by atoms with Gasteiger partial charge in [0.1, 0.15) is 23.4 Å². The molecule has 1 aliphatic rings. The lowest BCUT2D eigenvalue weighted by Gasteiger charge is -2.04. The van der Waals surface area contributed by atoms with Crippen molar-refractivity contribution >= 4 is 0 Å². The number of aromatic nitrogens is 2. The minimum Gasteiger partial charge on any atom is -0.497 e. The van der Waals surface area contributed by atoms with Gasteiger partial charge in [-0.15, -0.1) is 0 Å². The fraction of sp³-hybridized carbons (Fsp3) is 0.250. The Kier molecular flexibility index (Phi) is 4.32. The maximum absolute atomic E-state index is 12.3. The number of rotatable bonds is 5. The van der Waals surface area contributed by atoms with Gasteiger partial charge in [0.25, 0.3) is 5.82 Å². The van der Waals surface area contributed by atoms with Crippen LogP contribution in [0.5, 0.6) is 11.5 Å². The molecule has 1 aromatic heterocycles. The minimum atomic E-state index is -2.81. The van der Waals surface area contributed by atoms with Crippen molar-refractivity contribution in [1.29, 1.82) is 0 Å². The predicted octanol–water partition coefficient (Wildman–Crippen LogP) is 3.99. The van der Waals surface area contributed by atoms with E-state index in [2.05, 4.69) is 20.1 Å². The molecule has 134 valence electrons. The fourth-order valence-electron chi connectivity index (χ4n) is 3.44. The Morgan fingerprint density at radius 2 is 1.69 bits per heavy atom. The summed E-state index contributed by atoms with van der Waals surface area (Å²) in [5.41, 5.74) is 3.11. The van der Waals surface area contributed by atoms with E-state index in [1.807, 2.05) is 36.4 Å². The molecule has 4 rings (SSSR count). The Hall–Kier alpha value is -2.89. The molecule has 3 aromatic rings. The number of hydrogen-bond acceptors (Lipinski definition) is 2. The molecular weight excluding hydrogens is 338 g/mol. The highest BCUT2D eigenvalue weighted by molar-refractivity contribution is 5.58. The van der Waals surface area contributed by atoms with Crippen molar-refractivity contribution < 1.29 is 22.8 Å². The average molecular weight is 357 g/mol. The highest BCUT2D eigenvalue weighted by Gasteiger charge is 2.29. The smallest absolute Gasteiger partial charge is 0.387 e. The number of halogens is 2. The van der Waals surface area contributed by atoms with E-state index >= 15 is 0 Å². The first-order valence-electron chi connectivity index (χ1n) is 8.49. The van der Waals surface area contributed by atoms with Crippen molar-refractivity contribution in [2.24, 2.45) is 0 Å². The fourth-order valence-corrected chi connectivity index (χ4v) is 3.44. The summed E-state index contributed by atoms with van der Waals surface area (Å²) in [4.78, 5) is 0. The second-order valence-electron chi connectivity index (χ2n) is 6.16. The summed E-state index contributed by atoms with van der Waals surface area (Å²) in [7, 11) is 1.65. The van der Waals surface area contributed by atoms with E-state index in [1.54, 1.807) is 19.2 Å². The molecule has 0 bridgehead atoms. The van der Waals surface area contributed by atoms with Gasteiger partial charge in [-0.2, -0.15) is 13.3 Å². The number of nitrogens with zero attached hydrogens (tertiary/aromatic N) is 2. The van der Waals surface area contributed by atoms with E-state index in [4.69, 9.17) is 4.74 Å². The van der Waals surface area contributed by atoms with Gasteiger partial charge in [-0.1, -0.05) is 0 Å². The molecule has 0 atom stereocenters. The summed E-state index contributed by atoms with van der Waals surface area (Å²) in [6.07, 6.45) is 4.18. The van der Waals surface area contributed by atoms with Gasteiger partial charge >= 0.3 is 6.61 Å². The lowest BCUT2D eigenvalue weighted by molar-refractivity contribution is -0.679. The summed E-state index contributed by atoms with van der Waals surface area (Å²) in [6, 6.07) is 14.7. The van der Waals surface area contributed by atoms with Gasteiger partial charge in [-0.3, -0.25) is 0 Å². The van der Waals surface area contributed by atoms with Crippen LogP contribution in [-0.4, -0.2) is 18.3 Å². The number of benzene rings is 2. The zero-order valence-corrected chi connectivity index (χ0v) is 14.4. The highest BCUT2D eigenvalue weighted by Crippen LogP contribution is 2.26. The second-order valence-corrected chi connectivity index (χ2v) is 6.16. The average Bonchev–Trinajstić information content (AvgIpc) is 3.25. The number of alkyl halides is 2. The molecule has 0 spiro atoms. The molecule has 0 amide bonds. The minimum absolute atomic E-state index is 0.167. The normalized spacial score (nSPS) is 13.1. The van der Waals surface area contributed by atoms with Crippen molar-refractivity contribution in [2.75, 3.05) is 7.11 Å². The van der Waals surface area contributed by atoms with Gasteiger partial charge in [0.2, 0.25) is 0 Å². The lowest BCUT2D eigenvalue weighted by atomic mass is 10.1. The second kappa shape index (κ2) is 6.78. The van der Waals surface area contributed by atoms with E-state index in [-0.39, 0.29) is 5.75 Å². The SMILES string of the molecule is COc1ccc(-n2cc(-c3ccc(OC(F)F)cc3)[n+]3c2CCC3)cc1. The van der Waals surface area contributed by atoms with Gasteiger partial charge < -0.3 is 9.47 Å². The number of fused-ring (bicyclic) bond motifs is 1. The van der Waals surface area contributed by atoms with Crippen LogP contribution in [0.2, 0.25) is 0 Å². The van der Waals surface area contributed by atoms with Gasteiger partial charge in [-0.05, 0) is 55.0 Å². The van der Waals surface area contributed by atoms with E-state index < -0.39 is 6.61 Å². The lowest BCUT2D eigenvalue weighted by Crippen LogP contribution is -2.33. The number of methoxy groups -OCH3 is 1. The van der Waals surface area contributed by atoms with Crippen molar-refractivity contribution in [1.82, 2.24) is 4.57 Å². The third kappa shape index (κ3) is 3.03. The monoisotopic (exact) mass is 357 g/mol. The van der Waals surface area contributed by atoms with Crippen LogP contribution in [0.3, 0.4) is 0 Å². The topological polar surface area (TPSA) is 27.3 Å². The third-order valence-electron chi connectivity index (χ3n) is 4.64. The molecule has 0 N–H and O–H groups in total. The van der Waals surface area contributed by atoms with Crippen molar-refractivity contribution in [2.45, 2.75) is 26.0 Å². The summed E-state index contributed by atoms with van der Waals surface area (Å²) in [5.74, 6) is 2.22. The van der Waals surface area contributed by atoms with Gasteiger partial charge in [0, 0.05) is 5.56 Å². The van der Waals surface area contributed by atoms with Crippen LogP contribution in [0, 0.1) is 0 Å². The molecular formula is C20H19F2N2O2+. The van der Waals surface area contributed by atoms with Gasteiger partial charge in [-0.25, -0.2) is 4.57 Å². The summed E-state index contributed by atoms with van der Waals surface area (Å²) < 4.78 is 38.8. The maximum Gasteiger partial charge on any atom is 0.387 e. The van der Waals surface area contributed by atoms with Gasteiger partial charge in [0.05, 0.1) is 20.1 Å². The van der Waals surface area contributed by atoms with Crippen molar-refractivity contribution in [3.8, 4) is 28.4 Å². The molecule has 4 nitrogen and oxygen atoms in total. The van der Waals surface area contributed by atoms with Crippen LogP contribution in [0.15, 0.2) is 54.7 Å². The summed E-state index contributed by atoms with van der Waals surface area (Å²) in [6.45, 7) is -1.86. The van der Waals surface area contributed by atoms with Crippen LogP contribution >= 0.6 is 0 Å². The molecule has 26 heavy (non-hydrogen) atoms. The van der Waals surface area contributed by atoms with Crippen LogP contribution in [0.1, 0.15) is 12.2 Å². The molecule has 2 aromatic carbocycles. The number of ether oxygens (including phenoxy) is 2. The van der Waals surface area contributed by atoms with E-state index in [0.29, 0.717) is 0 Å². The maximum atomic E-state index is 12.3. The summed E-state index contributed by atoms with van der Waals surface area (Å²) >= 11 is 0. The van der Waals surface area contributed by atoms with Crippen LogP contribution < -0.4 is 14.0 Å². The van der Waals surface area contributed by atoms with E-state index in [9.17, 15) is 8.78 Å². The molecule has 6 heteroatoms. The first kappa shape index (κ1) is 16.6. The molecule has 0 saturated heterocycles. The predicted molar refractivity (Wildman–Crippen MR) is 92.9 cm³/mol. The van der Waals surface area contributed by atoms with Crippen molar-refractivity contribution in [3.05, 3.63) is 60.6 Å². The molecule has 0 unspecified atom stereocenters. The van der Waals surface area contributed by atoms with Crippen molar-refractivity contribution in [3.63, 3.8) is 0 Å². The Balaban J connectivity index is 1.71. The van der Waals surface area contributed by atoms with Gasteiger partial charge in [0.15, 0.2) is 5.69 Å². The quantitative estimate of drug-likeness (QED) is 0.646. The first-order chi connectivity index (χ1) is 12.7. The Morgan fingerprint density at radius 1 is 1.00 bits per heavy atom. The molecule has 0 fully saturated rings. The van der Waals surface area contributed by atoms with Crippen LogP contribution in [0.4, 0.5) is 8.78 Å². The zero-order valence-electron chi connectivity index (χ0n) is 14.4. The van der Waals surface area contributed by atoms with Crippen LogP contribution in [0.25, 0.3) is 16.9 Å². The van der Waals surface area contributed by atoms with E-state index in [1.165, 1.54) is 5.82 Å². The first-order valence-corrected chi connectivity index (χ1v) is 8.49. The molecule has 0 aliphatic carbocycles. The standard InChI is InChI=1S/C20H19F2N2O2/c1-25-16-10-6-15(7-11-16)24-13-18(23-12-2-3-19(23)24)14-4-8-17(9-5-14)26-20(21)22/h4-11,13,20H,2-3,12H2,1H3/q+1. The van der Waals surface area contributed by atoms with E-state index in [0.717, 1.165) is 42.1 Å². The molecule has 1 aliphatic heterocycles. The Bertz CT molecular complexity index is 903. The molecule has 2 heterocycles. The third-order valence-corrected chi connectivity index (χ3v) is 4.64. The highest BCUT2D eigenvalue weighted by atomic mass is 19.3. The Labute approximate surface area is 150 Å². The van der Waals surface area contributed by atoms with Crippen LogP contribution in [-0.2, 0) is 13.0 Å². The molecule has 0 radical (unpaired) electrons. The summed E-state index contributed by atoms with van der Waals surface area (Å²) in [5, 5.41) is 0. The number of hydrogen-bond donors (Lipinski definition) is 0. The largest absolute Gasteiger partial charge is 0.497 e. The Morgan fingerprint density at radius 3 is 2.35 bits per heavy atom. The molecule has 0 saturated carbocycles.